The highest BCUT2D eigenvalue weighted by Gasteiger charge is 2.26. The molecule has 1 saturated carbocycles. The monoisotopic (exact) mass is 367 g/mol. The summed E-state index contributed by atoms with van der Waals surface area (Å²) in [4.78, 5) is 2.49. The predicted molar refractivity (Wildman–Crippen MR) is 101 cm³/mol. The Morgan fingerprint density at radius 3 is 2.19 bits per heavy atom. The Kier molecular flexibility index (Phi) is 8.65. The first-order valence-electron chi connectivity index (χ1n) is 9.46. The van der Waals surface area contributed by atoms with Crippen LogP contribution in [-0.2, 0) is 11.3 Å². The van der Waals surface area contributed by atoms with Gasteiger partial charge in [0, 0.05) is 18.7 Å². The summed E-state index contributed by atoms with van der Waals surface area (Å²) < 4.78 is 16.5. The lowest BCUT2D eigenvalue weighted by molar-refractivity contribution is -0.0477. The molecular weight excluding hydrogens is 334 g/mol. The maximum Gasteiger partial charge on any atom is 0.122 e. The number of benzene rings is 1. The van der Waals surface area contributed by atoms with Gasteiger partial charge in [-0.1, -0.05) is 6.92 Å². The van der Waals surface area contributed by atoms with Gasteiger partial charge in [-0.25, -0.2) is 0 Å². The molecule has 148 valence electrons. The van der Waals surface area contributed by atoms with E-state index in [-0.39, 0.29) is 19.3 Å². The minimum atomic E-state index is -0.775. The average Bonchev–Trinajstić information content (AvgIpc) is 2.70. The van der Waals surface area contributed by atoms with Crippen molar-refractivity contribution >= 4 is 0 Å². The Bertz CT molecular complexity index is 509. The van der Waals surface area contributed by atoms with E-state index in [1.165, 1.54) is 5.56 Å². The van der Waals surface area contributed by atoms with Crippen LogP contribution in [0.1, 0.15) is 38.2 Å². The Morgan fingerprint density at radius 1 is 1.08 bits per heavy atom. The van der Waals surface area contributed by atoms with E-state index in [9.17, 15) is 5.11 Å². The van der Waals surface area contributed by atoms with Gasteiger partial charge < -0.3 is 24.4 Å². The van der Waals surface area contributed by atoms with Gasteiger partial charge in [0.15, 0.2) is 0 Å². The minimum Gasteiger partial charge on any atom is -0.497 e. The van der Waals surface area contributed by atoms with E-state index >= 15 is 0 Å². The molecule has 0 amide bonds. The third-order valence-corrected chi connectivity index (χ3v) is 5.10. The van der Waals surface area contributed by atoms with Crippen molar-refractivity contribution in [2.75, 3.05) is 34.0 Å². The van der Waals surface area contributed by atoms with E-state index in [0.29, 0.717) is 6.04 Å². The first-order valence-corrected chi connectivity index (χ1v) is 9.46. The lowest BCUT2D eigenvalue weighted by atomic mass is 9.91. The molecule has 1 aromatic carbocycles. The summed E-state index contributed by atoms with van der Waals surface area (Å²) in [6.45, 7) is 4.01. The fourth-order valence-corrected chi connectivity index (χ4v) is 3.57. The van der Waals surface area contributed by atoms with Crippen LogP contribution in [0.5, 0.6) is 11.5 Å². The van der Waals surface area contributed by atoms with Crippen molar-refractivity contribution in [3.8, 4) is 11.5 Å². The van der Waals surface area contributed by atoms with Crippen LogP contribution in [0.3, 0.4) is 0 Å². The van der Waals surface area contributed by atoms with E-state index in [1.807, 2.05) is 6.07 Å². The van der Waals surface area contributed by atoms with E-state index < -0.39 is 6.10 Å². The summed E-state index contributed by atoms with van der Waals surface area (Å²) in [6.07, 6.45) is 3.54. The lowest BCUT2D eigenvalue weighted by Crippen LogP contribution is -2.39. The number of hydrogen-bond acceptors (Lipinski definition) is 6. The zero-order valence-electron chi connectivity index (χ0n) is 16.2. The van der Waals surface area contributed by atoms with Crippen LogP contribution < -0.4 is 9.47 Å². The number of aliphatic hydroxyl groups excluding tert-OH is 2. The van der Waals surface area contributed by atoms with Gasteiger partial charge in [-0.15, -0.1) is 0 Å². The molecular formula is C20H33NO5. The molecule has 1 aromatic rings. The van der Waals surface area contributed by atoms with Crippen LogP contribution in [0, 0.1) is 0 Å². The molecule has 1 aliphatic carbocycles. The van der Waals surface area contributed by atoms with Crippen molar-refractivity contribution in [2.24, 2.45) is 0 Å². The summed E-state index contributed by atoms with van der Waals surface area (Å²) >= 11 is 0. The molecule has 2 rings (SSSR count). The molecule has 0 bridgehead atoms. The van der Waals surface area contributed by atoms with Crippen LogP contribution in [0.2, 0.25) is 0 Å². The van der Waals surface area contributed by atoms with E-state index in [4.69, 9.17) is 19.3 Å². The molecule has 0 saturated heterocycles. The minimum absolute atomic E-state index is 0.183. The maximum absolute atomic E-state index is 9.41. The molecule has 26 heavy (non-hydrogen) atoms. The second-order valence-corrected chi connectivity index (χ2v) is 6.88. The molecule has 6 nitrogen and oxygen atoms in total. The van der Waals surface area contributed by atoms with Crippen molar-refractivity contribution in [1.82, 2.24) is 4.90 Å². The zero-order chi connectivity index (χ0) is 18.9. The topological polar surface area (TPSA) is 71.4 Å². The number of methoxy groups -OCH3 is 2. The molecule has 2 N–H and O–H groups in total. The van der Waals surface area contributed by atoms with Crippen LogP contribution in [0.25, 0.3) is 0 Å². The first-order chi connectivity index (χ1) is 12.6. The van der Waals surface area contributed by atoms with Crippen LogP contribution >= 0.6 is 0 Å². The van der Waals surface area contributed by atoms with E-state index in [2.05, 4.69) is 24.0 Å². The molecule has 1 unspecified atom stereocenters. The maximum atomic E-state index is 9.41. The average molecular weight is 367 g/mol. The summed E-state index contributed by atoms with van der Waals surface area (Å²) in [5, 5.41) is 18.3. The second kappa shape index (κ2) is 10.7. The predicted octanol–water partition coefficient (Wildman–Crippen LogP) is 2.21. The lowest BCUT2D eigenvalue weighted by Gasteiger charge is -2.36. The smallest absolute Gasteiger partial charge is 0.122 e. The zero-order valence-corrected chi connectivity index (χ0v) is 16.2. The van der Waals surface area contributed by atoms with Gasteiger partial charge in [-0.3, -0.25) is 4.90 Å². The highest BCUT2D eigenvalue weighted by Crippen LogP contribution is 2.28. The molecule has 0 heterocycles. The van der Waals surface area contributed by atoms with Crippen molar-refractivity contribution < 1.29 is 24.4 Å². The second-order valence-electron chi connectivity index (χ2n) is 6.88. The van der Waals surface area contributed by atoms with Gasteiger partial charge in [0.2, 0.25) is 0 Å². The Balaban J connectivity index is 1.90. The van der Waals surface area contributed by atoms with Crippen molar-refractivity contribution in [3.63, 3.8) is 0 Å². The fourth-order valence-electron chi connectivity index (χ4n) is 3.57. The van der Waals surface area contributed by atoms with Crippen LogP contribution in [-0.4, -0.2) is 67.3 Å². The first kappa shape index (κ1) is 21.0. The SMILES string of the molecule is CCN(Cc1cc(OC)cc(OC)c1)C1CCC(OCC(O)CO)CC1. The van der Waals surface area contributed by atoms with Crippen LogP contribution in [0.4, 0.5) is 0 Å². The number of nitrogens with zero attached hydrogens (tertiary/aromatic N) is 1. The third kappa shape index (κ3) is 6.13. The third-order valence-electron chi connectivity index (χ3n) is 5.10. The number of ether oxygens (including phenoxy) is 3. The molecule has 0 spiro atoms. The molecule has 1 atom stereocenters. The molecule has 0 aromatic heterocycles. The quantitative estimate of drug-likeness (QED) is 0.661. The highest BCUT2D eigenvalue weighted by molar-refractivity contribution is 5.38. The van der Waals surface area contributed by atoms with Crippen molar-refractivity contribution in [1.29, 1.82) is 0 Å². The van der Waals surface area contributed by atoms with Crippen LogP contribution in [0.15, 0.2) is 18.2 Å². The number of rotatable bonds is 10. The van der Waals surface area contributed by atoms with Crippen molar-refractivity contribution in [3.05, 3.63) is 23.8 Å². The standard InChI is InChI=1S/C20H33NO5/c1-4-21(12-15-9-19(24-2)11-20(10-15)25-3)16-5-7-18(8-6-16)26-14-17(23)13-22/h9-11,16-18,22-23H,4-8,12-14H2,1-3H3. The summed E-state index contributed by atoms with van der Waals surface area (Å²) in [5.41, 5.74) is 1.19. The molecule has 0 radical (unpaired) electrons. The molecule has 1 fully saturated rings. The van der Waals surface area contributed by atoms with Gasteiger partial charge in [0.1, 0.15) is 17.6 Å². The highest BCUT2D eigenvalue weighted by atomic mass is 16.5. The van der Waals surface area contributed by atoms with Gasteiger partial charge in [-0.2, -0.15) is 0 Å². The number of aliphatic hydroxyl groups is 2. The molecule has 6 heteroatoms. The van der Waals surface area contributed by atoms with E-state index in [1.54, 1.807) is 14.2 Å². The molecule has 1 aliphatic rings. The van der Waals surface area contributed by atoms with Gasteiger partial charge in [0.05, 0.1) is 33.5 Å². The Hall–Kier alpha value is -1.34. The largest absolute Gasteiger partial charge is 0.497 e. The van der Waals surface area contributed by atoms with E-state index in [0.717, 1.165) is 50.3 Å². The Morgan fingerprint density at radius 2 is 1.69 bits per heavy atom. The summed E-state index contributed by atoms with van der Waals surface area (Å²) in [7, 11) is 3.34. The normalized spacial score (nSPS) is 21.6. The van der Waals surface area contributed by atoms with Gasteiger partial charge in [0.25, 0.3) is 0 Å². The number of hydrogen-bond donors (Lipinski definition) is 2. The Labute approximate surface area is 156 Å². The molecule has 0 aliphatic heterocycles. The summed E-state index contributed by atoms with van der Waals surface area (Å²) in [5.74, 6) is 1.63. The summed E-state index contributed by atoms with van der Waals surface area (Å²) in [6, 6.07) is 6.55. The van der Waals surface area contributed by atoms with Gasteiger partial charge in [-0.05, 0) is 49.9 Å². The van der Waals surface area contributed by atoms with Crippen molar-refractivity contribution in [2.45, 2.75) is 57.4 Å². The van der Waals surface area contributed by atoms with Gasteiger partial charge >= 0.3 is 0 Å². The fraction of sp³-hybridized carbons (Fsp3) is 0.700.